The second kappa shape index (κ2) is 6.31. The summed E-state index contributed by atoms with van der Waals surface area (Å²) in [5.41, 5.74) is 1.68. The summed E-state index contributed by atoms with van der Waals surface area (Å²) in [6, 6.07) is 5.69. The molecule has 0 saturated carbocycles. The third-order valence-corrected chi connectivity index (χ3v) is 3.62. The molecular formula is C17H22O4. The zero-order chi connectivity index (χ0) is 15.5. The first-order chi connectivity index (χ1) is 9.87. The van der Waals surface area contributed by atoms with Gasteiger partial charge in [-0.15, -0.1) is 0 Å². The number of benzene rings is 1. The van der Waals surface area contributed by atoms with Gasteiger partial charge < -0.3 is 14.6 Å². The highest BCUT2D eigenvalue weighted by Crippen LogP contribution is 2.31. The van der Waals surface area contributed by atoms with Gasteiger partial charge in [-0.2, -0.15) is 0 Å². The largest absolute Gasteiger partial charge is 0.490 e. The van der Waals surface area contributed by atoms with E-state index in [4.69, 9.17) is 14.6 Å². The molecule has 1 aliphatic heterocycles. The molecule has 1 unspecified atom stereocenters. The number of carbonyl (C=O) groups is 1. The molecule has 4 heteroatoms. The van der Waals surface area contributed by atoms with Crippen molar-refractivity contribution in [3.8, 4) is 5.75 Å². The van der Waals surface area contributed by atoms with E-state index >= 15 is 0 Å². The summed E-state index contributed by atoms with van der Waals surface area (Å²) >= 11 is 0. The lowest BCUT2D eigenvalue weighted by Crippen LogP contribution is -2.24. The number of hydrogen-bond donors (Lipinski definition) is 1. The number of carboxylic acids is 1. The first kappa shape index (κ1) is 15.6. The maximum atomic E-state index is 10.7. The van der Waals surface area contributed by atoms with Crippen molar-refractivity contribution in [1.29, 1.82) is 0 Å². The van der Waals surface area contributed by atoms with E-state index in [9.17, 15) is 4.79 Å². The molecule has 1 aromatic rings. The van der Waals surface area contributed by atoms with Crippen LogP contribution >= 0.6 is 0 Å². The first-order valence-electron chi connectivity index (χ1n) is 7.19. The number of rotatable bonds is 5. The van der Waals surface area contributed by atoms with E-state index in [0.717, 1.165) is 35.8 Å². The molecule has 0 bridgehead atoms. The fraction of sp³-hybridized carbons (Fsp3) is 0.471. The smallest absolute Gasteiger partial charge is 0.328 e. The summed E-state index contributed by atoms with van der Waals surface area (Å²) in [5, 5.41) is 8.75. The van der Waals surface area contributed by atoms with Crippen LogP contribution in [0.5, 0.6) is 5.75 Å². The SMILES string of the molecule is Cc1cccc(/C=C/C(=O)O)c1OCC1CCC(C)(C)O1. The number of aryl methyl sites for hydroxylation is 1. The normalized spacial score (nSPS) is 20.8. The Morgan fingerprint density at radius 3 is 2.90 bits per heavy atom. The summed E-state index contributed by atoms with van der Waals surface area (Å²) in [6.45, 7) is 6.61. The highest BCUT2D eigenvalue weighted by molar-refractivity contribution is 5.86. The average Bonchev–Trinajstić information content (AvgIpc) is 2.74. The molecule has 0 aliphatic carbocycles. The fourth-order valence-electron chi connectivity index (χ4n) is 2.54. The molecule has 4 nitrogen and oxygen atoms in total. The summed E-state index contributed by atoms with van der Waals surface area (Å²) < 4.78 is 11.8. The van der Waals surface area contributed by atoms with Crippen LogP contribution in [-0.2, 0) is 9.53 Å². The van der Waals surface area contributed by atoms with Crippen LogP contribution in [0.3, 0.4) is 0 Å². The Bertz CT molecular complexity index is 546. The summed E-state index contributed by atoms with van der Waals surface area (Å²) in [6.07, 6.45) is 4.79. The van der Waals surface area contributed by atoms with E-state index in [2.05, 4.69) is 13.8 Å². The zero-order valence-corrected chi connectivity index (χ0v) is 12.8. The van der Waals surface area contributed by atoms with Crippen molar-refractivity contribution in [3.05, 3.63) is 35.4 Å². The molecule has 0 aromatic heterocycles. The van der Waals surface area contributed by atoms with E-state index in [-0.39, 0.29) is 11.7 Å². The van der Waals surface area contributed by atoms with Crippen LogP contribution in [0.25, 0.3) is 6.08 Å². The highest BCUT2D eigenvalue weighted by atomic mass is 16.6. The lowest BCUT2D eigenvalue weighted by Gasteiger charge is -2.20. The van der Waals surface area contributed by atoms with Gasteiger partial charge in [-0.3, -0.25) is 0 Å². The molecule has 1 N–H and O–H groups in total. The van der Waals surface area contributed by atoms with Crippen molar-refractivity contribution in [2.24, 2.45) is 0 Å². The summed E-state index contributed by atoms with van der Waals surface area (Å²) in [7, 11) is 0. The van der Waals surface area contributed by atoms with Crippen LogP contribution < -0.4 is 4.74 Å². The van der Waals surface area contributed by atoms with Crippen LogP contribution in [0.2, 0.25) is 0 Å². The Morgan fingerprint density at radius 2 is 2.29 bits per heavy atom. The molecule has 1 atom stereocenters. The first-order valence-corrected chi connectivity index (χ1v) is 7.19. The Hall–Kier alpha value is -1.81. The second-order valence-electron chi connectivity index (χ2n) is 6.01. The fourth-order valence-corrected chi connectivity index (χ4v) is 2.54. The van der Waals surface area contributed by atoms with Gasteiger partial charge in [0.1, 0.15) is 12.4 Å². The summed E-state index contributed by atoms with van der Waals surface area (Å²) in [5.74, 6) is -0.244. The Labute approximate surface area is 125 Å². The van der Waals surface area contributed by atoms with E-state index < -0.39 is 5.97 Å². The number of carboxylic acid groups (broad SMARTS) is 1. The maximum absolute atomic E-state index is 10.7. The number of ether oxygens (including phenoxy) is 2. The summed E-state index contributed by atoms with van der Waals surface area (Å²) in [4.78, 5) is 10.7. The lowest BCUT2D eigenvalue weighted by molar-refractivity contribution is -0.131. The molecule has 1 heterocycles. The maximum Gasteiger partial charge on any atom is 0.328 e. The number of para-hydroxylation sites is 1. The molecule has 1 aliphatic rings. The molecule has 21 heavy (non-hydrogen) atoms. The molecule has 1 fully saturated rings. The number of hydrogen-bond acceptors (Lipinski definition) is 3. The van der Waals surface area contributed by atoms with Gasteiger partial charge >= 0.3 is 5.97 Å². The van der Waals surface area contributed by atoms with Gasteiger partial charge in [0.25, 0.3) is 0 Å². The standard InChI is InChI=1S/C17H22O4/c1-12-5-4-6-13(7-8-15(18)19)16(12)20-11-14-9-10-17(2,3)21-14/h4-8,14H,9-11H2,1-3H3,(H,18,19)/b8-7+. The molecule has 2 rings (SSSR count). The van der Waals surface area contributed by atoms with Crippen molar-refractivity contribution in [1.82, 2.24) is 0 Å². The molecule has 0 radical (unpaired) electrons. The minimum Gasteiger partial charge on any atom is -0.490 e. The quantitative estimate of drug-likeness (QED) is 0.844. The van der Waals surface area contributed by atoms with Crippen LogP contribution in [0.15, 0.2) is 24.3 Å². The predicted molar refractivity (Wildman–Crippen MR) is 81.5 cm³/mol. The van der Waals surface area contributed by atoms with Gasteiger partial charge in [0.2, 0.25) is 0 Å². The van der Waals surface area contributed by atoms with Gasteiger partial charge in [0.15, 0.2) is 0 Å². The molecule has 1 aromatic carbocycles. The van der Waals surface area contributed by atoms with Gasteiger partial charge in [0.05, 0.1) is 11.7 Å². The van der Waals surface area contributed by atoms with Crippen molar-refractivity contribution >= 4 is 12.0 Å². The van der Waals surface area contributed by atoms with E-state index in [1.165, 1.54) is 0 Å². The van der Waals surface area contributed by atoms with Crippen LogP contribution in [-0.4, -0.2) is 29.4 Å². The average molecular weight is 290 g/mol. The zero-order valence-electron chi connectivity index (χ0n) is 12.8. The minimum atomic E-state index is -0.969. The highest BCUT2D eigenvalue weighted by Gasteiger charge is 2.32. The van der Waals surface area contributed by atoms with Gasteiger partial charge in [-0.05, 0) is 45.3 Å². The molecular weight excluding hydrogens is 268 g/mol. The monoisotopic (exact) mass is 290 g/mol. The Morgan fingerprint density at radius 1 is 1.52 bits per heavy atom. The lowest BCUT2D eigenvalue weighted by atomic mass is 10.1. The minimum absolute atomic E-state index is 0.0776. The second-order valence-corrected chi connectivity index (χ2v) is 6.01. The van der Waals surface area contributed by atoms with Crippen LogP contribution in [0.4, 0.5) is 0 Å². The van der Waals surface area contributed by atoms with Gasteiger partial charge in [-0.1, -0.05) is 18.2 Å². The van der Waals surface area contributed by atoms with Gasteiger partial charge in [0, 0.05) is 11.6 Å². The van der Waals surface area contributed by atoms with Gasteiger partial charge in [-0.25, -0.2) is 4.79 Å². The Kier molecular flexibility index (Phi) is 4.68. The number of aliphatic carboxylic acids is 1. The third kappa shape index (κ3) is 4.33. The molecule has 0 spiro atoms. The van der Waals surface area contributed by atoms with E-state index in [0.29, 0.717) is 6.61 Å². The van der Waals surface area contributed by atoms with Crippen molar-refractivity contribution in [2.75, 3.05) is 6.61 Å². The van der Waals surface area contributed by atoms with Crippen molar-refractivity contribution in [3.63, 3.8) is 0 Å². The molecule has 114 valence electrons. The molecule has 1 saturated heterocycles. The van der Waals surface area contributed by atoms with Crippen molar-refractivity contribution < 1.29 is 19.4 Å². The topological polar surface area (TPSA) is 55.8 Å². The van der Waals surface area contributed by atoms with Crippen molar-refractivity contribution in [2.45, 2.75) is 45.3 Å². The van der Waals surface area contributed by atoms with Crippen LogP contribution in [0.1, 0.15) is 37.8 Å². The van der Waals surface area contributed by atoms with E-state index in [1.807, 2.05) is 25.1 Å². The van der Waals surface area contributed by atoms with Crippen LogP contribution in [0, 0.1) is 6.92 Å². The molecule has 0 amide bonds. The van der Waals surface area contributed by atoms with E-state index in [1.54, 1.807) is 6.08 Å². The Balaban J connectivity index is 2.07. The third-order valence-electron chi connectivity index (χ3n) is 3.62. The predicted octanol–water partition coefficient (Wildman–Crippen LogP) is 3.43.